The van der Waals surface area contributed by atoms with Crippen molar-refractivity contribution in [2.45, 2.75) is 19.4 Å². The average Bonchev–Trinajstić information content (AvgIpc) is 2.75. The maximum absolute atomic E-state index is 6.23. The molecule has 1 unspecified atom stereocenters. The van der Waals surface area contributed by atoms with E-state index >= 15 is 0 Å². The first kappa shape index (κ1) is 13.8. The SMILES string of the molecule is Cc1ccc(CC(NN)c2ccc(Cl)s2)c(Cl)c1. The van der Waals surface area contributed by atoms with Crippen LogP contribution >= 0.6 is 34.5 Å². The fourth-order valence-electron chi connectivity index (χ4n) is 1.80. The summed E-state index contributed by atoms with van der Waals surface area (Å²) >= 11 is 13.7. The van der Waals surface area contributed by atoms with Crippen molar-refractivity contribution in [2.24, 2.45) is 5.84 Å². The number of halogens is 2. The third kappa shape index (κ3) is 3.25. The lowest BCUT2D eigenvalue weighted by atomic mass is 10.0. The Morgan fingerprint density at radius 3 is 2.61 bits per heavy atom. The third-order valence-electron chi connectivity index (χ3n) is 2.77. The molecular formula is C13H14Cl2N2S. The van der Waals surface area contributed by atoms with Crippen LogP contribution in [0.4, 0.5) is 0 Å². The molecule has 5 heteroatoms. The van der Waals surface area contributed by atoms with Crippen molar-refractivity contribution in [2.75, 3.05) is 0 Å². The van der Waals surface area contributed by atoms with Crippen molar-refractivity contribution in [3.05, 3.63) is 55.7 Å². The summed E-state index contributed by atoms with van der Waals surface area (Å²) in [6.45, 7) is 2.02. The second-order valence-electron chi connectivity index (χ2n) is 4.16. The molecule has 18 heavy (non-hydrogen) atoms. The van der Waals surface area contributed by atoms with Gasteiger partial charge in [0.05, 0.1) is 10.4 Å². The highest BCUT2D eigenvalue weighted by Crippen LogP contribution is 2.30. The maximum Gasteiger partial charge on any atom is 0.0931 e. The molecule has 0 saturated heterocycles. The van der Waals surface area contributed by atoms with E-state index in [4.69, 9.17) is 29.0 Å². The Hall–Kier alpha value is -0.580. The van der Waals surface area contributed by atoms with E-state index in [2.05, 4.69) is 11.5 Å². The van der Waals surface area contributed by atoms with Gasteiger partial charge in [0.1, 0.15) is 0 Å². The lowest BCUT2D eigenvalue weighted by Gasteiger charge is -2.15. The minimum atomic E-state index is 0.0303. The molecule has 0 spiro atoms. The molecule has 3 N–H and O–H groups in total. The van der Waals surface area contributed by atoms with Crippen molar-refractivity contribution in [3.63, 3.8) is 0 Å². The minimum absolute atomic E-state index is 0.0303. The van der Waals surface area contributed by atoms with Gasteiger partial charge in [-0.2, -0.15) is 0 Å². The fraction of sp³-hybridized carbons (Fsp3) is 0.231. The van der Waals surface area contributed by atoms with Gasteiger partial charge in [0.2, 0.25) is 0 Å². The summed E-state index contributed by atoms with van der Waals surface area (Å²) in [6, 6.07) is 9.95. The van der Waals surface area contributed by atoms with Crippen LogP contribution in [0, 0.1) is 6.92 Å². The average molecular weight is 301 g/mol. The van der Waals surface area contributed by atoms with E-state index in [1.54, 1.807) is 0 Å². The van der Waals surface area contributed by atoms with E-state index in [0.29, 0.717) is 0 Å². The summed E-state index contributed by atoms with van der Waals surface area (Å²) in [4.78, 5) is 1.11. The molecular weight excluding hydrogens is 287 g/mol. The zero-order chi connectivity index (χ0) is 13.1. The van der Waals surface area contributed by atoms with Gasteiger partial charge in [0, 0.05) is 9.90 Å². The predicted molar refractivity (Wildman–Crippen MR) is 79.3 cm³/mol. The monoisotopic (exact) mass is 300 g/mol. The summed E-state index contributed by atoms with van der Waals surface area (Å²) in [5, 5.41) is 0.776. The molecule has 1 aromatic heterocycles. The fourth-order valence-corrected chi connectivity index (χ4v) is 3.23. The molecule has 0 amide bonds. The summed E-state index contributed by atoms with van der Waals surface area (Å²) in [5.74, 6) is 5.61. The first-order chi connectivity index (χ1) is 8.60. The molecule has 2 aromatic rings. The van der Waals surface area contributed by atoms with Gasteiger partial charge in [-0.05, 0) is 42.7 Å². The van der Waals surface area contributed by atoms with Gasteiger partial charge >= 0.3 is 0 Å². The number of thiophene rings is 1. The molecule has 0 aliphatic carbocycles. The number of rotatable bonds is 4. The van der Waals surface area contributed by atoms with Crippen LogP contribution in [0.1, 0.15) is 22.0 Å². The summed E-state index contributed by atoms with van der Waals surface area (Å²) in [7, 11) is 0. The lowest BCUT2D eigenvalue weighted by Crippen LogP contribution is -2.29. The second-order valence-corrected chi connectivity index (χ2v) is 6.31. The molecule has 0 aliphatic heterocycles. The standard InChI is InChI=1S/C13H14Cl2N2S/c1-8-2-3-9(10(14)6-8)7-11(17-16)12-4-5-13(15)18-12/h2-6,11,17H,7,16H2,1H3. The van der Waals surface area contributed by atoms with E-state index in [-0.39, 0.29) is 6.04 Å². The second kappa shape index (κ2) is 6.04. The quantitative estimate of drug-likeness (QED) is 0.659. The van der Waals surface area contributed by atoms with Crippen molar-refractivity contribution >= 4 is 34.5 Å². The minimum Gasteiger partial charge on any atom is -0.271 e. The van der Waals surface area contributed by atoms with Gasteiger partial charge in [-0.25, -0.2) is 0 Å². The molecule has 1 atom stereocenters. The van der Waals surface area contributed by atoms with Crippen LogP contribution in [-0.4, -0.2) is 0 Å². The largest absolute Gasteiger partial charge is 0.271 e. The van der Waals surface area contributed by atoms with Crippen LogP contribution in [0.3, 0.4) is 0 Å². The van der Waals surface area contributed by atoms with Gasteiger partial charge in [0.25, 0.3) is 0 Å². The zero-order valence-corrected chi connectivity index (χ0v) is 12.2. The molecule has 1 heterocycles. The number of nitrogens with two attached hydrogens (primary N) is 1. The highest BCUT2D eigenvalue weighted by Gasteiger charge is 2.14. The lowest BCUT2D eigenvalue weighted by molar-refractivity contribution is 0.560. The van der Waals surface area contributed by atoms with Gasteiger partial charge < -0.3 is 0 Å². The van der Waals surface area contributed by atoms with Gasteiger partial charge in [0.15, 0.2) is 0 Å². The van der Waals surface area contributed by atoms with E-state index in [1.807, 2.05) is 31.2 Å². The van der Waals surface area contributed by atoms with Gasteiger partial charge in [-0.15, -0.1) is 11.3 Å². The molecule has 2 rings (SSSR count). The molecule has 96 valence electrons. The van der Waals surface area contributed by atoms with Crippen molar-refractivity contribution in [3.8, 4) is 0 Å². The highest BCUT2D eigenvalue weighted by atomic mass is 35.5. The Balaban J connectivity index is 2.20. The molecule has 0 radical (unpaired) electrons. The van der Waals surface area contributed by atoms with Crippen molar-refractivity contribution in [1.29, 1.82) is 0 Å². The Labute approximate surface area is 121 Å². The van der Waals surface area contributed by atoms with E-state index in [9.17, 15) is 0 Å². The Bertz CT molecular complexity index is 540. The molecule has 0 bridgehead atoms. The zero-order valence-electron chi connectivity index (χ0n) is 9.91. The first-order valence-corrected chi connectivity index (χ1v) is 7.14. The summed E-state index contributed by atoms with van der Waals surface area (Å²) in [5.41, 5.74) is 5.05. The van der Waals surface area contributed by atoms with Crippen molar-refractivity contribution in [1.82, 2.24) is 5.43 Å². The Kier molecular flexibility index (Phi) is 4.65. The number of aryl methyl sites for hydroxylation is 1. The first-order valence-electron chi connectivity index (χ1n) is 5.56. The highest BCUT2D eigenvalue weighted by molar-refractivity contribution is 7.16. The molecule has 0 saturated carbocycles. The Morgan fingerprint density at radius 2 is 2.06 bits per heavy atom. The third-order valence-corrected chi connectivity index (χ3v) is 4.47. The van der Waals surface area contributed by atoms with E-state index in [1.165, 1.54) is 11.3 Å². The molecule has 0 fully saturated rings. The molecule has 2 nitrogen and oxygen atoms in total. The number of nitrogens with one attached hydrogen (secondary N) is 1. The smallest absolute Gasteiger partial charge is 0.0931 e. The van der Waals surface area contributed by atoms with Gasteiger partial charge in [-0.3, -0.25) is 11.3 Å². The summed E-state index contributed by atoms with van der Waals surface area (Å²) < 4.78 is 0.764. The van der Waals surface area contributed by atoms with Crippen LogP contribution < -0.4 is 11.3 Å². The van der Waals surface area contributed by atoms with E-state index < -0.39 is 0 Å². The molecule has 0 aliphatic rings. The number of hydrogen-bond donors (Lipinski definition) is 2. The number of hydrazine groups is 1. The van der Waals surface area contributed by atoms with Crippen LogP contribution in [-0.2, 0) is 6.42 Å². The van der Waals surface area contributed by atoms with E-state index in [0.717, 1.165) is 31.8 Å². The Morgan fingerprint density at radius 1 is 1.28 bits per heavy atom. The van der Waals surface area contributed by atoms with Crippen molar-refractivity contribution < 1.29 is 0 Å². The maximum atomic E-state index is 6.23. The van der Waals surface area contributed by atoms with Crippen LogP contribution in [0.2, 0.25) is 9.36 Å². The topological polar surface area (TPSA) is 38.0 Å². The molecule has 1 aromatic carbocycles. The van der Waals surface area contributed by atoms with Crippen LogP contribution in [0.5, 0.6) is 0 Å². The van der Waals surface area contributed by atoms with Crippen LogP contribution in [0.15, 0.2) is 30.3 Å². The van der Waals surface area contributed by atoms with Crippen LogP contribution in [0.25, 0.3) is 0 Å². The predicted octanol–water partition coefficient (Wildman–Crippen LogP) is 4.11. The normalized spacial score (nSPS) is 12.7. The van der Waals surface area contributed by atoms with Gasteiger partial charge in [-0.1, -0.05) is 35.3 Å². The number of benzene rings is 1. The number of hydrogen-bond acceptors (Lipinski definition) is 3. The summed E-state index contributed by atoms with van der Waals surface area (Å²) in [6.07, 6.45) is 0.743.